The molecule has 1 nitrogen and oxygen atoms in total. The monoisotopic (exact) mass is 501 g/mol. The highest BCUT2D eigenvalue weighted by Crippen LogP contribution is 2.64. The fourth-order valence-electron chi connectivity index (χ4n) is 7.19. The van der Waals surface area contributed by atoms with Gasteiger partial charge in [-0.25, -0.2) is 0 Å². The third-order valence-electron chi connectivity index (χ3n) is 8.91. The van der Waals surface area contributed by atoms with E-state index in [9.17, 15) is 0 Å². The minimum Gasteiger partial charge on any atom is -0.310 e. The largest absolute Gasteiger partial charge is 0.310 e. The second-order valence-corrected chi connectivity index (χ2v) is 11.0. The Hall–Kier alpha value is -4.54. The van der Waals surface area contributed by atoms with Gasteiger partial charge in [0, 0.05) is 17.1 Å². The number of nitrogens with zero attached hydrogens (tertiary/aromatic N) is 1. The number of anilines is 3. The highest BCUT2D eigenvalue weighted by Gasteiger charge is 2.53. The summed E-state index contributed by atoms with van der Waals surface area (Å²) in [5.74, 6) is 2.72. The van der Waals surface area contributed by atoms with Crippen molar-refractivity contribution in [2.24, 2.45) is 0 Å². The van der Waals surface area contributed by atoms with Crippen LogP contribution in [0.3, 0.4) is 0 Å². The Morgan fingerprint density at radius 1 is 0.744 bits per heavy atom. The highest BCUT2D eigenvalue weighted by atomic mass is 15.1. The summed E-state index contributed by atoms with van der Waals surface area (Å²) < 4.78 is 0. The maximum Gasteiger partial charge on any atom is 0.0618 e. The van der Waals surface area contributed by atoms with Crippen LogP contribution in [0.2, 0.25) is 0 Å². The highest BCUT2D eigenvalue weighted by molar-refractivity contribution is 5.95. The van der Waals surface area contributed by atoms with E-state index in [1.54, 1.807) is 0 Å². The summed E-state index contributed by atoms with van der Waals surface area (Å²) in [7, 11) is 0. The molecule has 188 valence electrons. The molecule has 1 heteroatoms. The van der Waals surface area contributed by atoms with Crippen LogP contribution in [0.25, 0.3) is 5.57 Å². The third-order valence-corrected chi connectivity index (χ3v) is 8.91. The Labute approximate surface area is 231 Å². The van der Waals surface area contributed by atoms with Crippen LogP contribution >= 0.6 is 0 Å². The van der Waals surface area contributed by atoms with Crippen LogP contribution in [-0.2, 0) is 5.41 Å². The molecule has 0 radical (unpaired) electrons. The molecule has 1 unspecified atom stereocenters. The Morgan fingerprint density at radius 2 is 1.31 bits per heavy atom. The number of hydrogen-bond donors (Lipinski definition) is 0. The van der Waals surface area contributed by atoms with Crippen LogP contribution in [-0.4, -0.2) is 0 Å². The number of hydrogen-bond acceptors (Lipinski definition) is 1. The summed E-state index contributed by atoms with van der Waals surface area (Å²) in [5, 5.41) is 0. The first kappa shape index (κ1) is 23.6. The summed E-state index contributed by atoms with van der Waals surface area (Å²) in [4.78, 5) is 2.39. The quantitative estimate of drug-likeness (QED) is 0.322. The van der Waals surface area contributed by atoms with Gasteiger partial charge in [-0.1, -0.05) is 71.7 Å². The lowest BCUT2D eigenvalue weighted by atomic mass is 9.67. The van der Waals surface area contributed by atoms with Crippen LogP contribution < -0.4 is 4.90 Å². The lowest BCUT2D eigenvalue weighted by Gasteiger charge is -2.35. The molecule has 0 N–H and O–H groups in total. The van der Waals surface area contributed by atoms with Gasteiger partial charge < -0.3 is 4.90 Å². The van der Waals surface area contributed by atoms with E-state index in [-0.39, 0.29) is 5.41 Å². The molecule has 7 rings (SSSR count). The maximum atomic E-state index is 5.66. The third kappa shape index (κ3) is 3.28. The van der Waals surface area contributed by atoms with Gasteiger partial charge in [-0.15, -0.1) is 6.42 Å². The minimum atomic E-state index is -0.219. The Balaban J connectivity index is 1.47. The first-order valence-corrected chi connectivity index (χ1v) is 13.8. The number of allylic oxidation sites excluding steroid dienone is 12. The zero-order chi connectivity index (χ0) is 26.7. The predicted molar refractivity (Wildman–Crippen MR) is 164 cm³/mol. The van der Waals surface area contributed by atoms with Crippen molar-refractivity contribution in [1.29, 1.82) is 0 Å². The normalized spacial score (nSPS) is 20.5. The van der Waals surface area contributed by atoms with Crippen LogP contribution in [0.4, 0.5) is 17.1 Å². The molecule has 3 aromatic rings. The molecule has 0 heterocycles. The van der Waals surface area contributed by atoms with Crippen molar-refractivity contribution in [1.82, 2.24) is 0 Å². The van der Waals surface area contributed by atoms with Crippen molar-refractivity contribution in [3.63, 3.8) is 0 Å². The van der Waals surface area contributed by atoms with Crippen molar-refractivity contribution in [2.45, 2.75) is 39.0 Å². The van der Waals surface area contributed by atoms with E-state index in [4.69, 9.17) is 6.42 Å². The minimum absolute atomic E-state index is 0.219. The van der Waals surface area contributed by atoms with Crippen molar-refractivity contribution < 1.29 is 0 Å². The van der Waals surface area contributed by atoms with E-state index >= 15 is 0 Å². The topological polar surface area (TPSA) is 3.24 Å². The molecule has 0 saturated carbocycles. The summed E-state index contributed by atoms with van der Waals surface area (Å²) >= 11 is 0. The zero-order valence-corrected chi connectivity index (χ0v) is 22.8. The number of fused-ring (bicyclic) bond motifs is 5. The molecule has 1 atom stereocenters. The molecular formula is C38H31N. The van der Waals surface area contributed by atoms with Gasteiger partial charge in [-0.2, -0.15) is 0 Å². The number of benzene rings is 3. The van der Waals surface area contributed by atoms with E-state index in [2.05, 4.69) is 129 Å². The SMILES string of the molecule is C#C/C=C\C1=C(C)C2(C3=C1C=CC3)C1=C(C=CC1)c1ccc(N(c3ccc(C)cc3)c3ccc(C)cc3)cc12. The van der Waals surface area contributed by atoms with Crippen molar-refractivity contribution >= 4 is 22.6 Å². The number of terminal acetylenes is 1. The first-order valence-electron chi connectivity index (χ1n) is 13.8. The molecule has 4 aliphatic rings. The van der Waals surface area contributed by atoms with E-state index in [1.165, 1.54) is 61.4 Å². The average molecular weight is 502 g/mol. The van der Waals surface area contributed by atoms with Crippen molar-refractivity contribution in [2.75, 3.05) is 4.90 Å². The number of rotatable bonds is 4. The molecule has 0 aliphatic heterocycles. The molecular weight excluding hydrogens is 470 g/mol. The second kappa shape index (κ2) is 8.75. The fourth-order valence-corrected chi connectivity index (χ4v) is 7.19. The van der Waals surface area contributed by atoms with Gasteiger partial charge in [0.05, 0.1) is 5.41 Å². The molecule has 4 aliphatic carbocycles. The summed E-state index contributed by atoms with van der Waals surface area (Å²) in [6, 6.07) is 24.8. The van der Waals surface area contributed by atoms with Gasteiger partial charge in [-0.3, -0.25) is 0 Å². The Morgan fingerprint density at radius 3 is 1.92 bits per heavy atom. The molecule has 3 aromatic carbocycles. The Kier molecular flexibility index (Phi) is 5.29. The molecule has 0 aromatic heterocycles. The maximum absolute atomic E-state index is 5.66. The second-order valence-electron chi connectivity index (χ2n) is 11.0. The smallest absolute Gasteiger partial charge is 0.0618 e. The molecule has 0 saturated heterocycles. The molecule has 0 fully saturated rings. The van der Waals surface area contributed by atoms with E-state index in [1.807, 2.05) is 6.08 Å². The summed E-state index contributed by atoms with van der Waals surface area (Å²) in [6.45, 7) is 6.61. The van der Waals surface area contributed by atoms with Crippen LogP contribution in [0.15, 0.2) is 131 Å². The van der Waals surface area contributed by atoms with Crippen molar-refractivity contribution in [3.05, 3.63) is 153 Å². The van der Waals surface area contributed by atoms with Crippen LogP contribution in [0.1, 0.15) is 42.0 Å². The summed E-state index contributed by atoms with van der Waals surface area (Å²) in [5.41, 5.74) is 17.0. The van der Waals surface area contributed by atoms with Gasteiger partial charge >= 0.3 is 0 Å². The lowest BCUT2D eigenvalue weighted by Crippen LogP contribution is -2.29. The van der Waals surface area contributed by atoms with E-state index in [0.29, 0.717) is 0 Å². The zero-order valence-electron chi connectivity index (χ0n) is 22.8. The van der Waals surface area contributed by atoms with Gasteiger partial charge in [0.25, 0.3) is 0 Å². The molecule has 0 bridgehead atoms. The predicted octanol–water partition coefficient (Wildman–Crippen LogP) is 9.51. The van der Waals surface area contributed by atoms with E-state index < -0.39 is 0 Å². The fraction of sp³-hybridized carbons (Fsp3) is 0.158. The Bertz CT molecular complexity index is 1710. The number of aryl methyl sites for hydroxylation is 2. The first-order chi connectivity index (χ1) is 19.0. The van der Waals surface area contributed by atoms with Crippen molar-refractivity contribution in [3.8, 4) is 12.3 Å². The molecule has 39 heavy (non-hydrogen) atoms. The van der Waals surface area contributed by atoms with Gasteiger partial charge in [0.1, 0.15) is 0 Å². The van der Waals surface area contributed by atoms with Crippen LogP contribution in [0, 0.1) is 26.2 Å². The lowest BCUT2D eigenvalue weighted by molar-refractivity contribution is 0.690. The van der Waals surface area contributed by atoms with Crippen LogP contribution in [0.5, 0.6) is 0 Å². The van der Waals surface area contributed by atoms with Gasteiger partial charge in [-0.05, 0) is 127 Å². The molecule has 0 amide bonds. The van der Waals surface area contributed by atoms with E-state index in [0.717, 1.165) is 24.2 Å². The summed E-state index contributed by atoms with van der Waals surface area (Å²) in [6.07, 6.45) is 20.9. The molecule has 1 spiro atoms. The average Bonchev–Trinajstić information content (AvgIpc) is 3.71. The standard InChI is InChI=1S/C38H31N/c1-5-6-9-31-27(4)38(35-12-7-10-32(31)35)36-13-8-11-33(36)34-23-22-30(24-37(34)38)39(28-18-14-25(2)15-19-28)29-20-16-26(3)17-21-29/h1,6-11,14-24H,12-13H2,2-4H3/b9-6-. The van der Waals surface area contributed by atoms with Gasteiger partial charge in [0.15, 0.2) is 0 Å². The van der Waals surface area contributed by atoms with Gasteiger partial charge in [0.2, 0.25) is 0 Å².